The maximum Gasteiger partial charge on any atom is 0.174 e. The van der Waals surface area contributed by atoms with E-state index < -0.39 is 0 Å². The number of hydrogen-bond acceptors (Lipinski definition) is 4. The van der Waals surface area contributed by atoms with Crippen LogP contribution in [0.25, 0.3) is 0 Å². The van der Waals surface area contributed by atoms with Gasteiger partial charge in [0.05, 0.1) is 24.4 Å². The van der Waals surface area contributed by atoms with Gasteiger partial charge in [0.25, 0.3) is 0 Å². The smallest absolute Gasteiger partial charge is 0.174 e. The first-order valence-electron chi connectivity index (χ1n) is 12.5. The summed E-state index contributed by atoms with van der Waals surface area (Å²) >= 11 is 5.91. The standard InChI is InChI=1S/C30H32N4O2S/c1-20-8-12-24(13-9-20)36-25-14-10-23(11-15-25)34-29(26-19-21(2)33(22(26)3)17-18-35-4)28(32-30(34)37)27-7-5-6-16-31-27/h5-16,19,28-29H,17-18H2,1-4H3,(H,32,37)/t28-,29+/m0/s1. The summed E-state index contributed by atoms with van der Waals surface area (Å²) in [5.41, 5.74) is 6.78. The highest BCUT2D eigenvalue weighted by Gasteiger charge is 2.42. The average molecular weight is 513 g/mol. The van der Waals surface area contributed by atoms with E-state index in [1.54, 1.807) is 7.11 Å². The van der Waals surface area contributed by atoms with Crippen molar-refractivity contribution in [2.24, 2.45) is 0 Å². The number of ether oxygens (including phenoxy) is 2. The van der Waals surface area contributed by atoms with Crippen LogP contribution in [-0.4, -0.2) is 28.4 Å². The first-order valence-corrected chi connectivity index (χ1v) is 12.9. The summed E-state index contributed by atoms with van der Waals surface area (Å²) in [4.78, 5) is 6.88. The first kappa shape index (κ1) is 25.0. The Morgan fingerprint density at radius 3 is 2.30 bits per heavy atom. The van der Waals surface area contributed by atoms with E-state index in [9.17, 15) is 0 Å². The predicted octanol–water partition coefficient (Wildman–Crippen LogP) is 6.42. The number of hydrogen-bond donors (Lipinski definition) is 1. The van der Waals surface area contributed by atoms with E-state index in [2.05, 4.69) is 64.8 Å². The number of benzene rings is 2. The van der Waals surface area contributed by atoms with Gasteiger partial charge in [-0.15, -0.1) is 0 Å². The lowest BCUT2D eigenvalue weighted by molar-refractivity contribution is 0.186. The van der Waals surface area contributed by atoms with Crippen molar-refractivity contribution in [3.05, 3.63) is 107 Å². The van der Waals surface area contributed by atoms with Gasteiger partial charge in [-0.25, -0.2) is 0 Å². The number of rotatable bonds is 8. The van der Waals surface area contributed by atoms with Crippen molar-refractivity contribution < 1.29 is 9.47 Å². The third-order valence-electron chi connectivity index (χ3n) is 6.92. The molecule has 1 aliphatic rings. The van der Waals surface area contributed by atoms with Crippen LogP contribution < -0.4 is 15.0 Å². The Morgan fingerprint density at radius 2 is 1.65 bits per heavy atom. The largest absolute Gasteiger partial charge is 0.457 e. The number of methoxy groups -OCH3 is 1. The Morgan fingerprint density at radius 1 is 0.946 bits per heavy atom. The van der Waals surface area contributed by atoms with E-state index >= 15 is 0 Å². The van der Waals surface area contributed by atoms with Crippen molar-refractivity contribution in [1.82, 2.24) is 14.9 Å². The summed E-state index contributed by atoms with van der Waals surface area (Å²) < 4.78 is 13.7. The molecule has 7 heteroatoms. The van der Waals surface area contributed by atoms with Gasteiger partial charge in [-0.1, -0.05) is 23.8 Å². The fraction of sp³-hybridized carbons (Fsp3) is 0.267. The van der Waals surface area contributed by atoms with E-state index in [4.69, 9.17) is 21.7 Å². The van der Waals surface area contributed by atoms with Crippen LogP contribution in [0.4, 0.5) is 5.69 Å². The molecule has 0 aliphatic carbocycles. The van der Waals surface area contributed by atoms with Crippen LogP contribution in [0, 0.1) is 20.8 Å². The molecule has 3 heterocycles. The number of nitrogens with zero attached hydrogens (tertiary/aromatic N) is 3. The van der Waals surface area contributed by atoms with E-state index in [0.717, 1.165) is 29.4 Å². The van der Waals surface area contributed by atoms with Gasteiger partial charge in [-0.2, -0.15) is 0 Å². The number of anilines is 1. The zero-order valence-electron chi connectivity index (χ0n) is 21.6. The van der Waals surface area contributed by atoms with Gasteiger partial charge in [0, 0.05) is 36.9 Å². The van der Waals surface area contributed by atoms with Gasteiger partial charge in [0.1, 0.15) is 11.5 Å². The van der Waals surface area contributed by atoms with Crippen LogP contribution in [-0.2, 0) is 11.3 Å². The molecular formula is C30H32N4O2S. The Hall–Kier alpha value is -3.68. The molecule has 2 aromatic carbocycles. The second kappa shape index (κ2) is 10.7. The average Bonchev–Trinajstić information content (AvgIpc) is 3.40. The minimum atomic E-state index is -0.0893. The van der Waals surface area contributed by atoms with Crippen molar-refractivity contribution in [2.45, 2.75) is 39.4 Å². The zero-order valence-corrected chi connectivity index (χ0v) is 22.5. The summed E-state index contributed by atoms with van der Waals surface area (Å²) in [6.45, 7) is 7.84. The fourth-order valence-electron chi connectivity index (χ4n) is 5.02. The SMILES string of the molecule is COCCn1c(C)cc([C@@H]2[C@H](c3ccccn3)NC(=S)N2c2ccc(Oc3ccc(C)cc3)cc2)c1C. The molecule has 2 aromatic heterocycles. The van der Waals surface area contributed by atoms with Gasteiger partial charge < -0.3 is 24.3 Å². The van der Waals surface area contributed by atoms with Crippen molar-refractivity contribution in [3.8, 4) is 11.5 Å². The summed E-state index contributed by atoms with van der Waals surface area (Å²) in [6.07, 6.45) is 1.83. The molecule has 5 rings (SSSR count). The molecule has 0 unspecified atom stereocenters. The highest BCUT2D eigenvalue weighted by Crippen LogP contribution is 2.43. The second-order valence-electron chi connectivity index (χ2n) is 9.38. The maximum absolute atomic E-state index is 6.06. The van der Waals surface area contributed by atoms with E-state index in [0.29, 0.717) is 11.7 Å². The lowest BCUT2D eigenvalue weighted by atomic mass is 9.96. The molecule has 1 aliphatic heterocycles. The second-order valence-corrected chi connectivity index (χ2v) is 9.76. The van der Waals surface area contributed by atoms with Crippen molar-refractivity contribution in [1.29, 1.82) is 0 Å². The molecule has 0 spiro atoms. The normalized spacial score (nSPS) is 17.2. The molecule has 0 bridgehead atoms. The molecule has 1 fully saturated rings. The highest BCUT2D eigenvalue weighted by molar-refractivity contribution is 7.80. The summed E-state index contributed by atoms with van der Waals surface area (Å²) in [7, 11) is 1.74. The van der Waals surface area contributed by atoms with Gasteiger partial charge in [-0.3, -0.25) is 4.98 Å². The molecule has 1 N–H and O–H groups in total. The van der Waals surface area contributed by atoms with Crippen molar-refractivity contribution in [3.63, 3.8) is 0 Å². The van der Waals surface area contributed by atoms with Crippen LogP contribution in [0.5, 0.6) is 11.5 Å². The maximum atomic E-state index is 6.06. The molecule has 37 heavy (non-hydrogen) atoms. The summed E-state index contributed by atoms with van der Waals surface area (Å²) in [5.74, 6) is 1.59. The van der Waals surface area contributed by atoms with Crippen LogP contribution in [0.1, 0.15) is 40.3 Å². The van der Waals surface area contributed by atoms with Gasteiger partial charge in [0.15, 0.2) is 5.11 Å². The number of aromatic nitrogens is 2. The minimum absolute atomic E-state index is 0.0613. The van der Waals surface area contributed by atoms with Gasteiger partial charge in [0.2, 0.25) is 0 Å². The van der Waals surface area contributed by atoms with E-state index in [1.165, 1.54) is 22.5 Å². The zero-order chi connectivity index (χ0) is 25.9. The lowest BCUT2D eigenvalue weighted by Gasteiger charge is -2.28. The molecule has 1 saturated heterocycles. The van der Waals surface area contributed by atoms with E-state index in [-0.39, 0.29) is 12.1 Å². The van der Waals surface area contributed by atoms with Gasteiger partial charge in [-0.05, 0) is 93.1 Å². The molecule has 2 atom stereocenters. The number of aryl methyl sites for hydroxylation is 2. The quantitative estimate of drug-likeness (QED) is 0.275. The lowest BCUT2D eigenvalue weighted by Crippen LogP contribution is -2.29. The molecule has 4 aromatic rings. The monoisotopic (exact) mass is 512 g/mol. The van der Waals surface area contributed by atoms with Crippen LogP contribution >= 0.6 is 12.2 Å². The first-order chi connectivity index (χ1) is 18.0. The fourth-order valence-corrected chi connectivity index (χ4v) is 5.37. The predicted molar refractivity (Wildman–Crippen MR) is 151 cm³/mol. The Kier molecular flexibility index (Phi) is 7.26. The Bertz CT molecular complexity index is 1370. The molecule has 0 radical (unpaired) electrons. The molecule has 0 saturated carbocycles. The summed E-state index contributed by atoms with van der Waals surface area (Å²) in [6, 6.07) is 24.3. The highest BCUT2D eigenvalue weighted by atomic mass is 32.1. The summed E-state index contributed by atoms with van der Waals surface area (Å²) in [5, 5.41) is 4.23. The topological polar surface area (TPSA) is 51.5 Å². The van der Waals surface area contributed by atoms with Crippen LogP contribution in [0.2, 0.25) is 0 Å². The van der Waals surface area contributed by atoms with Gasteiger partial charge >= 0.3 is 0 Å². The minimum Gasteiger partial charge on any atom is -0.457 e. The molecule has 0 amide bonds. The molecular weight excluding hydrogens is 480 g/mol. The number of pyridine rings is 1. The Balaban J connectivity index is 1.51. The molecule has 6 nitrogen and oxygen atoms in total. The third-order valence-corrected chi connectivity index (χ3v) is 7.23. The number of nitrogens with one attached hydrogen (secondary N) is 1. The van der Waals surface area contributed by atoms with Crippen LogP contribution in [0.15, 0.2) is 79.0 Å². The third kappa shape index (κ3) is 5.10. The molecule has 190 valence electrons. The van der Waals surface area contributed by atoms with E-state index in [1.807, 2.05) is 54.7 Å². The van der Waals surface area contributed by atoms with Crippen molar-refractivity contribution in [2.75, 3.05) is 18.6 Å². The number of thiocarbonyl (C=S) groups is 1. The van der Waals surface area contributed by atoms with Crippen LogP contribution in [0.3, 0.4) is 0 Å². The Labute approximate surface area is 223 Å². The van der Waals surface area contributed by atoms with Crippen molar-refractivity contribution >= 4 is 23.0 Å².